The number of benzene rings is 1. The number of aliphatic hydroxyl groups is 1. The average molecular weight is 232 g/mol. The molecule has 1 aromatic carbocycles. The van der Waals surface area contributed by atoms with Gasteiger partial charge in [0, 0.05) is 0 Å². The molecule has 0 heterocycles. The van der Waals surface area contributed by atoms with Crippen LogP contribution in [0.3, 0.4) is 0 Å². The minimum Gasteiger partial charge on any atom is -0.393 e. The number of hydrogen-bond donors (Lipinski definition) is 1. The third-order valence-electron chi connectivity index (χ3n) is 3.81. The van der Waals surface area contributed by atoms with Crippen molar-refractivity contribution in [2.24, 2.45) is 0 Å². The van der Waals surface area contributed by atoms with E-state index in [-0.39, 0.29) is 6.10 Å². The van der Waals surface area contributed by atoms with E-state index in [1.165, 1.54) is 49.7 Å². The molecule has 1 heteroatoms. The molecule has 0 bridgehead atoms. The van der Waals surface area contributed by atoms with Crippen LogP contribution in [0.25, 0.3) is 0 Å². The third-order valence-corrected chi connectivity index (χ3v) is 3.81. The Bertz CT molecular complexity index is 335. The maximum Gasteiger partial charge on any atom is 0.0552 e. The number of rotatable bonds is 3. The summed E-state index contributed by atoms with van der Waals surface area (Å²) < 4.78 is 0. The van der Waals surface area contributed by atoms with Crippen molar-refractivity contribution in [2.45, 2.75) is 63.9 Å². The van der Waals surface area contributed by atoms with Gasteiger partial charge in [0.15, 0.2) is 0 Å². The Morgan fingerprint density at radius 2 is 1.88 bits per heavy atom. The van der Waals surface area contributed by atoms with Gasteiger partial charge in [-0.1, -0.05) is 49.9 Å². The lowest BCUT2D eigenvalue weighted by molar-refractivity contribution is 0.195. The molecule has 1 saturated carbocycles. The Morgan fingerprint density at radius 3 is 2.53 bits per heavy atom. The first-order chi connectivity index (χ1) is 8.25. The molecule has 1 aliphatic rings. The van der Waals surface area contributed by atoms with Gasteiger partial charge in [-0.05, 0) is 43.2 Å². The zero-order valence-corrected chi connectivity index (χ0v) is 10.9. The van der Waals surface area contributed by atoms with Crippen LogP contribution in [0.2, 0.25) is 0 Å². The molecular formula is C16H24O. The molecule has 2 rings (SSSR count). The smallest absolute Gasteiger partial charge is 0.0552 e. The SMILES string of the molecule is CC(O)Cc1cccc(C2CCCCCC2)c1. The monoisotopic (exact) mass is 232 g/mol. The molecule has 1 aromatic rings. The van der Waals surface area contributed by atoms with Crippen molar-refractivity contribution in [1.82, 2.24) is 0 Å². The normalized spacial score (nSPS) is 19.9. The summed E-state index contributed by atoms with van der Waals surface area (Å²) in [5.41, 5.74) is 2.77. The van der Waals surface area contributed by atoms with Gasteiger partial charge in [0.2, 0.25) is 0 Å². The topological polar surface area (TPSA) is 20.2 Å². The van der Waals surface area contributed by atoms with Gasteiger partial charge in [-0.15, -0.1) is 0 Å². The summed E-state index contributed by atoms with van der Waals surface area (Å²) in [4.78, 5) is 0. The van der Waals surface area contributed by atoms with E-state index in [1.54, 1.807) is 0 Å². The van der Waals surface area contributed by atoms with Crippen LogP contribution in [0, 0.1) is 0 Å². The highest BCUT2D eigenvalue weighted by Gasteiger charge is 2.14. The summed E-state index contributed by atoms with van der Waals surface area (Å²) in [7, 11) is 0. The van der Waals surface area contributed by atoms with Gasteiger partial charge in [0.25, 0.3) is 0 Å². The lowest BCUT2D eigenvalue weighted by atomic mass is 9.90. The van der Waals surface area contributed by atoms with Crippen molar-refractivity contribution in [3.63, 3.8) is 0 Å². The molecule has 1 N–H and O–H groups in total. The van der Waals surface area contributed by atoms with Crippen LogP contribution in [0.5, 0.6) is 0 Å². The predicted molar refractivity (Wildman–Crippen MR) is 72.3 cm³/mol. The number of hydrogen-bond acceptors (Lipinski definition) is 1. The maximum absolute atomic E-state index is 9.45. The lowest BCUT2D eigenvalue weighted by Gasteiger charge is -2.16. The molecule has 0 aromatic heterocycles. The minimum absolute atomic E-state index is 0.237. The molecule has 1 unspecified atom stereocenters. The van der Waals surface area contributed by atoms with E-state index in [2.05, 4.69) is 24.3 Å². The summed E-state index contributed by atoms with van der Waals surface area (Å²) in [6, 6.07) is 8.86. The molecule has 17 heavy (non-hydrogen) atoms. The van der Waals surface area contributed by atoms with Gasteiger partial charge >= 0.3 is 0 Å². The molecule has 1 fully saturated rings. The van der Waals surface area contributed by atoms with Gasteiger partial charge in [0.1, 0.15) is 0 Å². The van der Waals surface area contributed by atoms with Crippen LogP contribution in [0.1, 0.15) is 62.5 Å². The maximum atomic E-state index is 9.45. The van der Waals surface area contributed by atoms with Crippen LogP contribution in [0.15, 0.2) is 24.3 Å². The Balaban J connectivity index is 2.08. The van der Waals surface area contributed by atoms with Crippen LogP contribution >= 0.6 is 0 Å². The highest BCUT2D eigenvalue weighted by atomic mass is 16.3. The highest BCUT2D eigenvalue weighted by molar-refractivity contribution is 5.27. The Labute approximate surface area is 105 Å². The van der Waals surface area contributed by atoms with Crippen LogP contribution in [0.4, 0.5) is 0 Å². The average Bonchev–Trinajstić information content (AvgIpc) is 2.57. The zero-order valence-electron chi connectivity index (χ0n) is 10.9. The van der Waals surface area contributed by atoms with E-state index in [9.17, 15) is 5.11 Å². The van der Waals surface area contributed by atoms with Crippen LogP contribution in [-0.2, 0) is 6.42 Å². The second-order valence-electron chi connectivity index (χ2n) is 5.49. The van der Waals surface area contributed by atoms with E-state index in [0.717, 1.165) is 12.3 Å². The summed E-state index contributed by atoms with van der Waals surface area (Å²) in [5.74, 6) is 0.756. The van der Waals surface area contributed by atoms with Gasteiger partial charge in [-0.3, -0.25) is 0 Å². The fourth-order valence-corrected chi connectivity index (χ4v) is 2.93. The minimum atomic E-state index is -0.237. The fraction of sp³-hybridized carbons (Fsp3) is 0.625. The van der Waals surface area contributed by atoms with Crippen molar-refractivity contribution in [3.8, 4) is 0 Å². The second-order valence-corrected chi connectivity index (χ2v) is 5.49. The molecule has 0 aliphatic heterocycles. The van der Waals surface area contributed by atoms with Crippen molar-refractivity contribution in [2.75, 3.05) is 0 Å². The van der Waals surface area contributed by atoms with E-state index >= 15 is 0 Å². The van der Waals surface area contributed by atoms with Gasteiger partial charge < -0.3 is 5.11 Å². The first kappa shape index (κ1) is 12.6. The highest BCUT2D eigenvalue weighted by Crippen LogP contribution is 2.31. The lowest BCUT2D eigenvalue weighted by Crippen LogP contribution is -2.05. The Kier molecular flexibility index (Phi) is 4.61. The largest absolute Gasteiger partial charge is 0.393 e. The molecule has 0 amide bonds. The summed E-state index contributed by atoms with van der Waals surface area (Å²) in [6.45, 7) is 1.86. The van der Waals surface area contributed by atoms with Gasteiger partial charge in [0.05, 0.1) is 6.10 Å². The van der Waals surface area contributed by atoms with Crippen molar-refractivity contribution < 1.29 is 5.11 Å². The van der Waals surface area contributed by atoms with Crippen LogP contribution in [-0.4, -0.2) is 11.2 Å². The molecule has 0 spiro atoms. The van der Waals surface area contributed by atoms with E-state index in [1.807, 2.05) is 6.92 Å². The molecular weight excluding hydrogens is 208 g/mol. The first-order valence-electron chi connectivity index (χ1n) is 7.02. The quantitative estimate of drug-likeness (QED) is 0.780. The van der Waals surface area contributed by atoms with Crippen LogP contribution < -0.4 is 0 Å². The Hall–Kier alpha value is -0.820. The summed E-state index contributed by atoms with van der Waals surface area (Å²) >= 11 is 0. The molecule has 94 valence electrons. The molecule has 1 atom stereocenters. The molecule has 1 aliphatic carbocycles. The van der Waals surface area contributed by atoms with E-state index in [4.69, 9.17) is 0 Å². The summed E-state index contributed by atoms with van der Waals surface area (Å²) in [6.07, 6.45) is 8.81. The third kappa shape index (κ3) is 3.85. The fourth-order valence-electron chi connectivity index (χ4n) is 2.93. The molecule has 1 nitrogen and oxygen atoms in total. The van der Waals surface area contributed by atoms with Crippen molar-refractivity contribution in [1.29, 1.82) is 0 Å². The van der Waals surface area contributed by atoms with Crippen molar-refractivity contribution >= 4 is 0 Å². The molecule has 0 saturated heterocycles. The van der Waals surface area contributed by atoms with E-state index < -0.39 is 0 Å². The standard InChI is InChI=1S/C16H24O/c1-13(17)11-14-7-6-10-16(12-14)15-8-4-2-3-5-9-15/h6-7,10,12-13,15,17H,2-5,8-9,11H2,1H3. The molecule has 0 radical (unpaired) electrons. The van der Waals surface area contributed by atoms with Crippen molar-refractivity contribution in [3.05, 3.63) is 35.4 Å². The first-order valence-corrected chi connectivity index (χ1v) is 7.02. The second kappa shape index (κ2) is 6.20. The number of aliphatic hydroxyl groups excluding tert-OH is 1. The zero-order chi connectivity index (χ0) is 12.1. The van der Waals surface area contributed by atoms with Gasteiger partial charge in [-0.25, -0.2) is 0 Å². The predicted octanol–water partition coefficient (Wildman–Crippen LogP) is 4.05. The van der Waals surface area contributed by atoms with E-state index in [0.29, 0.717) is 0 Å². The Morgan fingerprint density at radius 1 is 1.18 bits per heavy atom. The summed E-state index contributed by atoms with van der Waals surface area (Å²) in [5, 5.41) is 9.45. The van der Waals surface area contributed by atoms with Gasteiger partial charge in [-0.2, -0.15) is 0 Å².